The van der Waals surface area contributed by atoms with Gasteiger partial charge in [0.05, 0.1) is 11.4 Å². The summed E-state index contributed by atoms with van der Waals surface area (Å²) in [5, 5.41) is 23.3. The van der Waals surface area contributed by atoms with Crippen LogP contribution < -0.4 is 10.9 Å². The number of hydrogen-bond acceptors (Lipinski definition) is 6. The SMILES string of the molecule is Cc1nc2[nH]cc(CNC3C(O)C(O)C4OC34)c2c(=O)[nH]1. The number of ether oxygens (including phenoxy) is 1. The molecule has 8 nitrogen and oxygen atoms in total. The van der Waals surface area contributed by atoms with Gasteiger partial charge in [-0.2, -0.15) is 0 Å². The number of H-pyrrole nitrogens is 2. The van der Waals surface area contributed by atoms with Gasteiger partial charge in [-0.25, -0.2) is 4.98 Å². The molecule has 0 amide bonds. The number of aromatic nitrogens is 3. The smallest absolute Gasteiger partial charge is 0.260 e. The predicted molar refractivity (Wildman–Crippen MR) is 72.8 cm³/mol. The molecular formula is C13H16N4O4. The summed E-state index contributed by atoms with van der Waals surface area (Å²) in [6.45, 7) is 2.11. The van der Waals surface area contributed by atoms with Crippen LogP contribution in [0.2, 0.25) is 0 Å². The highest BCUT2D eigenvalue weighted by Crippen LogP contribution is 2.39. The van der Waals surface area contributed by atoms with Crippen LogP contribution in [0.25, 0.3) is 11.0 Å². The van der Waals surface area contributed by atoms with Crippen LogP contribution >= 0.6 is 0 Å². The minimum Gasteiger partial charge on any atom is -0.389 e. The molecule has 0 radical (unpaired) electrons. The third-order valence-corrected chi connectivity index (χ3v) is 4.24. The van der Waals surface area contributed by atoms with E-state index in [-0.39, 0.29) is 23.8 Å². The van der Waals surface area contributed by atoms with Gasteiger partial charge in [-0.15, -0.1) is 0 Å². The molecule has 2 fully saturated rings. The van der Waals surface area contributed by atoms with E-state index < -0.39 is 12.2 Å². The van der Waals surface area contributed by atoms with Crippen molar-refractivity contribution in [3.63, 3.8) is 0 Å². The van der Waals surface area contributed by atoms with E-state index in [0.29, 0.717) is 23.4 Å². The fourth-order valence-corrected chi connectivity index (χ4v) is 3.12. The van der Waals surface area contributed by atoms with E-state index in [4.69, 9.17) is 4.74 Å². The molecule has 1 saturated carbocycles. The average molecular weight is 292 g/mol. The van der Waals surface area contributed by atoms with Gasteiger partial charge in [-0.1, -0.05) is 0 Å². The molecule has 0 aromatic carbocycles. The van der Waals surface area contributed by atoms with Crippen molar-refractivity contribution >= 4 is 11.0 Å². The van der Waals surface area contributed by atoms with Gasteiger partial charge in [0.1, 0.15) is 35.9 Å². The Morgan fingerprint density at radius 3 is 2.90 bits per heavy atom. The highest BCUT2D eigenvalue weighted by molar-refractivity contribution is 5.78. The van der Waals surface area contributed by atoms with Crippen molar-refractivity contribution in [2.75, 3.05) is 0 Å². The van der Waals surface area contributed by atoms with E-state index in [1.807, 2.05) is 0 Å². The minimum atomic E-state index is -0.849. The Morgan fingerprint density at radius 1 is 1.38 bits per heavy atom. The lowest BCUT2D eigenvalue weighted by Gasteiger charge is -2.20. The Morgan fingerprint density at radius 2 is 2.19 bits per heavy atom. The largest absolute Gasteiger partial charge is 0.389 e. The van der Waals surface area contributed by atoms with Gasteiger partial charge < -0.3 is 30.2 Å². The Bertz CT molecular complexity index is 754. The van der Waals surface area contributed by atoms with Crippen molar-refractivity contribution in [1.82, 2.24) is 20.3 Å². The van der Waals surface area contributed by atoms with Crippen molar-refractivity contribution in [1.29, 1.82) is 0 Å². The first-order valence-electron chi connectivity index (χ1n) is 6.88. The first kappa shape index (κ1) is 13.0. The molecule has 1 aliphatic heterocycles. The van der Waals surface area contributed by atoms with Crippen molar-refractivity contribution in [2.24, 2.45) is 0 Å². The maximum atomic E-state index is 12.0. The number of aliphatic hydroxyl groups excluding tert-OH is 2. The molecule has 5 atom stereocenters. The molecule has 0 bridgehead atoms. The Balaban J connectivity index is 1.57. The molecule has 5 N–H and O–H groups in total. The third-order valence-electron chi connectivity index (χ3n) is 4.24. The predicted octanol–water partition coefficient (Wildman–Crippen LogP) is -1.48. The molecule has 112 valence electrons. The van der Waals surface area contributed by atoms with Crippen LogP contribution in [0, 0.1) is 6.92 Å². The fraction of sp³-hybridized carbons (Fsp3) is 0.538. The zero-order chi connectivity index (χ0) is 14.7. The number of aliphatic hydroxyl groups is 2. The van der Waals surface area contributed by atoms with Crippen LogP contribution in [0.5, 0.6) is 0 Å². The van der Waals surface area contributed by atoms with Crippen molar-refractivity contribution in [2.45, 2.75) is 43.9 Å². The lowest BCUT2D eigenvalue weighted by molar-refractivity contribution is -0.0179. The summed E-state index contributed by atoms with van der Waals surface area (Å²) in [5.41, 5.74) is 1.12. The first-order valence-corrected chi connectivity index (χ1v) is 6.88. The number of fused-ring (bicyclic) bond motifs is 2. The van der Waals surface area contributed by atoms with Gasteiger partial charge in [-0.05, 0) is 12.5 Å². The van der Waals surface area contributed by atoms with Crippen LogP contribution in [0.4, 0.5) is 0 Å². The van der Waals surface area contributed by atoms with Gasteiger partial charge >= 0.3 is 0 Å². The molecule has 8 heteroatoms. The summed E-state index contributed by atoms with van der Waals surface area (Å²) in [6, 6.07) is -0.326. The Labute approximate surface area is 119 Å². The highest BCUT2D eigenvalue weighted by Gasteiger charge is 2.61. The molecule has 21 heavy (non-hydrogen) atoms. The summed E-state index contributed by atoms with van der Waals surface area (Å²) in [5.74, 6) is 0.553. The Hall–Kier alpha value is -1.74. The average Bonchev–Trinajstić information content (AvgIpc) is 3.05. The van der Waals surface area contributed by atoms with Gasteiger partial charge in [0.2, 0.25) is 0 Å². The zero-order valence-corrected chi connectivity index (χ0v) is 11.3. The fourth-order valence-electron chi connectivity index (χ4n) is 3.12. The van der Waals surface area contributed by atoms with Crippen molar-refractivity contribution in [3.8, 4) is 0 Å². The van der Waals surface area contributed by atoms with E-state index in [2.05, 4.69) is 20.3 Å². The lowest BCUT2D eigenvalue weighted by Crippen LogP contribution is -2.44. The molecule has 2 aromatic heterocycles. The topological polar surface area (TPSA) is 127 Å². The van der Waals surface area contributed by atoms with Gasteiger partial charge in [0, 0.05) is 12.7 Å². The Kier molecular flexibility index (Phi) is 2.70. The molecule has 1 saturated heterocycles. The van der Waals surface area contributed by atoms with Gasteiger partial charge in [-0.3, -0.25) is 4.79 Å². The van der Waals surface area contributed by atoms with E-state index in [0.717, 1.165) is 5.56 Å². The lowest BCUT2D eigenvalue weighted by atomic mass is 10.1. The van der Waals surface area contributed by atoms with E-state index >= 15 is 0 Å². The second-order valence-corrected chi connectivity index (χ2v) is 5.64. The first-order chi connectivity index (χ1) is 10.1. The van der Waals surface area contributed by atoms with Crippen LogP contribution in [-0.2, 0) is 11.3 Å². The quantitative estimate of drug-likeness (QED) is 0.439. The number of aryl methyl sites for hydroxylation is 1. The molecule has 2 aromatic rings. The number of epoxide rings is 1. The third kappa shape index (κ3) is 1.91. The van der Waals surface area contributed by atoms with Crippen LogP contribution in [-0.4, -0.2) is 55.6 Å². The number of nitrogens with one attached hydrogen (secondary N) is 3. The molecule has 5 unspecified atom stereocenters. The maximum Gasteiger partial charge on any atom is 0.260 e. The molecule has 3 heterocycles. The normalized spacial score (nSPS) is 34.3. The van der Waals surface area contributed by atoms with Crippen LogP contribution in [0.1, 0.15) is 11.4 Å². The standard InChI is InChI=1S/C13H16N4O4/c1-4-16-12-6(13(20)17-4)5(3-15-12)2-14-7-8(18)9(19)11-10(7)21-11/h3,7-11,14,18-19H,2H2,1H3,(H2,15,16,17,20). The number of hydrogen-bond donors (Lipinski definition) is 5. The number of aromatic amines is 2. The highest BCUT2D eigenvalue weighted by atomic mass is 16.6. The summed E-state index contributed by atoms with van der Waals surface area (Å²) < 4.78 is 5.28. The maximum absolute atomic E-state index is 12.0. The molecule has 1 aliphatic carbocycles. The summed E-state index contributed by atoms with van der Waals surface area (Å²) in [7, 11) is 0. The zero-order valence-electron chi connectivity index (χ0n) is 11.3. The number of nitrogens with zero attached hydrogens (tertiary/aromatic N) is 1. The minimum absolute atomic E-state index is 0.154. The van der Waals surface area contributed by atoms with Gasteiger partial charge in [0.15, 0.2) is 0 Å². The van der Waals surface area contributed by atoms with Crippen molar-refractivity contribution in [3.05, 3.63) is 27.9 Å². The van der Waals surface area contributed by atoms with E-state index in [1.165, 1.54) is 0 Å². The van der Waals surface area contributed by atoms with E-state index in [1.54, 1.807) is 13.1 Å². The van der Waals surface area contributed by atoms with Crippen LogP contribution in [0.15, 0.2) is 11.0 Å². The monoisotopic (exact) mass is 292 g/mol. The number of rotatable bonds is 3. The van der Waals surface area contributed by atoms with Crippen molar-refractivity contribution < 1.29 is 14.9 Å². The molecular weight excluding hydrogens is 276 g/mol. The summed E-state index contributed by atoms with van der Waals surface area (Å²) in [4.78, 5) is 21.9. The van der Waals surface area contributed by atoms with Gasteiger partial charge in [0.25, 0.3) is 5.56 Å². The summed E-state index contributed by atoms with van der Waals surface area (Å²) >= 11 is 0. The molecule has 2 aliphatic rings. The second-order valence-electron chi connectivity index (χ2n) is 5.64. The second kappa shape index (κ2) is 4.38. The molecule has 0 spiro atoms. The molecule has 4 rings (SSSR count). The van der Waals surface area contributed by atoms with E-state index in [9.17, 15) is 15.0 Å². The summed E-state index contributed by atoms with van der Waals surface area (Å²) in [6.07, 6.45) is -0.393. The van der Waals surface area contributed by atoms with Crippen LogP contribution in [0.3, 0.4) is 0 Å².